The summed E-state index contributed by atoms with van der Waals surface area (Å²) in [7, 11) is 0. The molecule has 0 saturated carbocycles. The number of hydrogen-bond acceptors (Lipinski definition) is 2. The molecule has 0 aliphatic rings. The Morgan fingerprint density at radius 2 is 1.95 bits per heavy atom. The van der Waals surface area contributed by atoms with E-state index in [2.05, 4.69) is 68.6 Å². The Morgan fingerprint density at radius 3 is 2.58 bits per heavy atom. The van der Waals surface area contributed by atoms with Crippen molar-refractivity contribution >= 4 is 5.69 Å². The number of aryl methyl sites for hydroxylation is 1. The molecule has 1 heterocycles. The predicted molar refractivity (Wildman–Crippen MR) is 80.5 cm³/mol. The van der Waals surface area contributed by atoms with Crippen molar-refractivity contribution in [3.05, 3.63) is 47.8 Å². The lowest BCUT2D eigenvalue weighted by molar-refractivity contribution is 0.658. The third kappa shape index (κ3) is 3.16. The van der Waals surface area contributed by atoms with Crippen molar-refractivity contribution < 1.29 is 0 Å². The molecule has 1 N–H and O–H groups in total. The van der Waals surface area contributed by atoms with E-state index < -0.39 is 0 Å². The predicted octanol–water partition coefficient (Wildman–Crippen LogP) is 4.20. The first kappa shape index (κ1) is 13.7. The van der Waals surface area contributed by atoms with E-state index in [9.17, 15) is 0 Å². The Morgan fingerprint density at radius 1 is 1.21 bits per heavy atom. The van der Waals surface area contributed by atoms with Crippen LogP contribution in [0.25, 0.3) is 0 Å². The second-order valence-corrected chi connectivity index (χ2v) is 5.24. The van der Waals surface area contributed by atoms with Crippen molar-refractivity contribution in [2.75, 3.05) is 5.32 Å². The maximum atomic E-state index is 4.33. The molecule has 0 bridgehead atoms. The first-order valence-corrected chi connectivity index (χ1v) is 6.99. The zero-order chi connectivity index (χ0) is 13.8. The molecular weight excluding hydrogens is 234 g/mol. The first-order chi connectivity index (χ1) is 9.11. The minimum absolute atomic E-state index is 0.264. The summed E-state index contributed by atoms with van der Waals surface area (Å²) < 4.78 is 1.96. The molecule has 1 aromatic heterocycles. The van der Waals surface area contributed by atoms with Gasteiger partial charge >= 0.3 is 0 Å². The van der Waals surface area contributed by atoms with Gasteiger partial charge in [0.25, 0.3) is 0 Å². The Labute approximate surface area is 115 Å². The fourth-order valence-corrected chi connectivity index (χ4v) is 2.22. The van der Waals surface area contributed by atoms with Gasteiger partial charge in [0.15, 0.2) is 0 Å². The van der Waals surface area contributed by atoms with Gasteiger partial charge in [-0.25, -0.2) is 0 Å². The fourth-order valence-electron chi connectivity index (χ4n) is 2.22. The fraction of sp³-hybridized carbons (Fsp3) is 0.438. The minimum Gasteiger partial charge on any atom is -0.378 e. The van der Waals surface area contributed by atoms with E-state index in [4.69, 9.17) is 0 Å². The van der Waals surface area contributed by atoms with Crippen LogP contribution in [0.3, 0.4) is 0 Å². The van der Waals surface area contributed by atoms with Crippen LogP contribution in [0.1, 0.15) is 50.8 Å². The van der Waals surface area contributed by atoms with Crippen LogP contribution in [0.5, 0.6) is 0 Å². The molecule has 3 heteroatoms. The van der Waals surface area contributed by atoms with Crippen LogP contribution >= 0.6 is 0 Å². The Kier molecular flexibility index (Phi) is 4.25. The Balaban J connectivity index is 2.16. The van der Waals surface area contributed by atoms with Gasteiger partial charge in [-0.3, -0.25) is 4.68 Å². The van der Waals surface area contributed by atoms with E-state index in [1.165, 1.54) is 16.8 Å². The van der Waals surface area contributed by atoms with Gasteiger partial charge in [0.2, 0.25) is 0 Å². The second-order valence-electron chi connectivity index (χ2n) is 5.24. The van der Waals surface area contributed by atoms with Gasteiger partial charge in [-0.1, -0.05) is 32.0 Å². The Bertz CT molecular complexity index is 528. The first-order valence-electron chi connectivity index (χ1n) is 6.99. The number of anilines is 1. The highest BCUT2D eigenvalue weighted by molar-refractivity contribution is 5.53. The maximum absolute atomic E-state index is 4.33. The van der Waals surface area contributed by atoms with Crippen LogP contribution in [0, 0.1) is 0 Å². The largest absolute Gasteiger partial charge is 0.378 e. The number of hydrogen-bond donors (Lipinski definition) is 1. The average molecular weight is 257 g/mol. The summed E-state index contributed by atoms with van der Waals surface area (Å²) in [6.07, 6.45) is 4.05. The molecule has 1 atom stereocenters. The zero-order valence-electron chi connectivity index (χ0n) is 12.2. The summed E-state index contributed by atoms with van der Waals surface area (Å²) in [5, 5.41) is 7.92. The van der Waals surface area contributed by atoms with Crippen LogP contribution in [-0.4, -0.2) is 9.78 Å². The SMILES string of the molecule is CCn1cc(C(C)Nc2ccccc2C(C)C)cn1. The van der Waals surface area contributed by atoms with Crippen molar-refractivity contribution in [3.63, 3.8) is 0 Å². The molecule has 1 aromatic carbocycles. The normalized spacial score (nSPS) is 12.7. The van der Waals surface area contributed by atoms with Crippen LogP contribution < -0.4 is 5.32 Å². The lowest BCUT2D eigenvalue weighted by Gasteiger charge is -2.18. The van der Waals surface area contributed by atoms with Gasteiger partial charge in [-0.2, -0.15) is 5.10 Å². The number of nitrogens with one attached hydrogen (secondary N) is 1. The van der Waals surface area contributed by atoms with E-state index in [1.54, 1.807) is 0 Å². The quantitative estimate of drug-likeness (QED) is 0.870. The van der Waals surface area contributed by atoms with Crippen molar-refractivity contribution in [2.45, 2.75) is 46.2 Å². The molecule has 2 aromatic rings. The van der Waals surface area contributed by atoms with Gasteiger partial charge in [0.1, 0.15) is 0 Å². The lowest BCUT2D eigenvalue weighted by atomic mass is 10.0. The monoisotopic (exact) mass is 257 g/mol. The van der Waals surface area contributed by atoms with E-state index in [-0.39, 0.29) is 6.04 Å². The topological polar surface area (TPSA) is 29.9 Å². The molecule has 0 fully saturated rings. The lowest BCUT2D eigenvalue weighted by Crippen LogP contribution is -2.08. The van der Waals surface area contributed by atoms with Gasteiger partial charge in [0.05, 0.1) is 12.2 Å². The summed E-state index contributed by atoms with van der Waals surface area (Å²) in [4.78, 5) is 0. The van der Waals surface area contributed by atoms with Crippen molar-refractivity contribution in [2.24, 2.45) is 0 Å². The average Bonchev–Trinajstić information content (AvgIpc) is 2.88. The van der Waals surface area contributed by atoms with E-state index >= 15 is 0 Å². The molecule has 3 nitrogen and oxygen atoms in total. The molecule has 0 saturated heterocycles. The second kappa shape index (κ2) is 5.91. The number of para-hydroxylation sites is 1. The van der Waals surface area contributed by atoms with Gasteiger partial charge in [-0.15, -0.1) is 0 Å². The summed E-state index contributed by atoms with van der Waals surface area (Å²) >= 11 is 0. The van der Waals surface area contributed by atoms with Crippen molar-refractivity contribution in [3.8, 4) is 0 Å². The highest BCUT2D eigenvalue weighted by Gasteiger charge is 2.11. The third-order valence-corrected chi connectivity index (χ3v) is 3.43. The van der Waals surface area contributed by atoms with E-state index in [0.29, 0.717) is 5.92 Å². The molecular formula is C16H23N3. The van der Waals surface area contributed by atoms with Crippen LogP contribution in [0.15, 0.2) is 36.7 Å². The third-order valence-electron chi connectivity index (χ3n) is 3.43. The molecule has 0 radical (unpaired) electrons. The molecule has 0 spiro atoms. The molecule has 0 aliphatic carbocycles. The standard InChI is InChI=1S/C16H23N3/c1-5-19-11-14(10-17-19)13(4)18-16-9-7-6-8-15(16)12(2)3/h6-13,18H,5H2,1-4H3. The zero-order valence-corrected chi connectivity index (χ0v) is 12.2. The van der Waals surface area contributed by atoms with Crippen LogP contribution in [0.4, 0.5) is 5.69 Å². The van der Waals surface area contributed by atoms with Crippen LogP contribution in [0.2, 0.25) is 0 Å². The minimum atomic E-state index is 0.264. The summed E-state index contributed by atoms with van der Waals surface area (Å²) in [6, 6.07) is 8.78. The summed E-state index contributed by atoms with van der Waals surface area (Å²) in [6.45, 7) is 9.63. The van der Waals surface area contributed by atoms with Crippen molar-refractivity contribution in [1.82, 2.24) is 9.78 Å². The molecule has 1 unspecified atom stereocenters. The Hall–Kier alpha value is -1.77. The van der Waals surface area contributed by atoms with Gasteiger partial charge in [-0.05, 0) is 31.4 Å². The number of aromatic nitrogens is 2. The van der Waals surface area contributed by atoms with Crippen molar-refractivity contribution in [1.29, 1.82) is 0 Å². The maximum Gasteiger partial charge on any atom is 0.0542 e. The molecule has 0 aliphatic heterocycles. The van der Waals surface area contributed by atoms with Gasteiger partial charge < -0.3 is 5.32 Å². The number of benzene rings is 1. The number of nitrogens with zero attached hydrogens (tertiary/aromatic N) is 2. The summed E-state index contributed by atoms with van der Waals surface area (Å²) in [5.74, 6) is 0.522. The summed E-state index contributed by atoms with van der Waals surface area (Å²) in [5.41, 5.74) is 3.80. The van der Waals surface area contributed by atoms with Crippen LogP contribution in [-0.2, 0) is 6.54 Å². The highest BCUT2D eigenvalue weighted by Crippen LogP contribution is 2.27. The number of rotatable bonds is 5. The molecule has 19 heavy (non-hydrogen) atoms. The molecule has 2 rings (SSSR count). The van der Waals surface area contributed by atoms with Gasteiger partial charge in [0, 0.05) is 24.0 Å². The van der Waals surface area contributed by atoms with E-state index in [0.717, 1.165) is 6.54 Å². The molecule has 0 amide bonds. The van der Waals surface area contributed by atoms with E-state index in [1.807, 2.05) is 10.9 Å². The highest BCUT2D eigenvalue weighted by atomic mass is 15.3. The molecule has 102 valence electrons. The smallest absolute Gasteiger partial charge is 0.0542 e.